The molecule has 5 aliphatic rings. The molecular weight excluding hydrogens is 470 g/mol. The lowest BCUT2D eigenvalue weighted by Crippen LogP contribution is -2.48. The number of fused-ring (bicyclic) bond motifs is 2. The number of rotatable bonds is 6. The Morgan fingerprint density at radius 2 is 1.83 bits per heavy atom. The first-order valence-corrected chi connectivity index (χ1v) is 14.2. The second kappa shape index (κ2) is 8.65. The van der Waals surface area contributed by atoms with E-state index in [1.807, 2.05) is 12.1 Å². The lowest BCUT2D eigenvalue weighted by atomic mass is 9.48. The van der Waals surface area contributed by atoms with Crippen LogP contribution >= 0.6 is 11.8 Å². The summed E-state index contributed by atoms with van der Waals surface area (Å²) in [4.78, 5) is 28.8. The van der Waals surface area contributed by atoms with Crippen LogP contribution in [0.3, 0.4) is 0 Å². The zero-order chi connectivity index (χ0) is 24.3. The molecule has 36 heavy (non-hydrogen) atoms. The van der Waals surface area contributed by atoms with Crippen molar-refractivity contribution in [2.75, 3.05) is 11.1 Å². The van der Waals surface area contributed by atoms with Crippen LogP contribution in [0.5, 0.6) is 0 Å². The number of anilines is 1. The number of benzene rings is 2. The summed E-state index contributed by atoms with van der Waals surface area (Å²) in [6.45, 7) is 0.461. The Morgan fingerprint density at radius 3 is 2.61 bits per heavy atom. The smallest absolute Gasteiger partial charge is 0.257 e. The highest BCUT2D eigenvalue weighted by molar-refractivity contribution is 7.99. The van der Waals surface area contributed by atoms with E-state index in [2.05, 4.69) is 34.9 Å². The van der Waals surface area contributed by atoms with E-state index in [1.54, 1.807) is 0 Å². The number of amides is 2. The molecule has 0 saturated heterocycles. The lowest BCUT2D eigenvalue weighted by Gasteiger charge is -2.57. The highest BCUT2D eigenvalue weighted by Gasteiger charge is 2.51. The van der Waals surface area contributed by atoms with E-state index in [4.69, 9.17) is 9.40 Å². The number of hydrogen-bond acceptors (Lipinski definition) is 5. The van der Waals surface area contributed by atoms with Gasteiger partial charge in [0.25, 0.3) is 5.22 Å². The standard InChI is InChI=1S/C29H31N3O3S/c33-26-6-2-21-10-17(1-4-23(21)31-26)15-30-27(34)16-36-28-32-24-11-22(3-5-25(24)35-28)29-12-18-7-19(13-29)9-20(8-18)14-29/h1,3-5,10-11,18-20H,2,6-9,12-16H2,(H,30,34)(H,31,33). The van der Waals surface area contributed by atoms with Gasteiger partial charge in [0.15, 0.2) is 5.58 Å². The summed E-state index contributed by atoms with van der Waals surface area (Å²) < 4.78 is 5.96. The molecular formula is C29H31N3O3S. The van der Waals surface area contributed by atoms with E-state index >= 15 is 0 Å². The van der Waals surface area contributed by atoms with Gasteiger partial charge in [-0.3, -0.25) is 9.59 Å². The molecule has 4 saturated carbocycles. The van der Waals surface area contributed by atoms with Crippen molar-refractivity contribution in [3.63, 3.8) is 0 Å². The van der Waals surface area contributed by atoms with E-state index < -0.39 is 0 Å². The SMILES string of the molecule is O=C(CSc1nc2cc(C34CC5CC(CC(C5)C3)C4)ccc2o1)NCc1ccc2c(c1)CCC(=O)N2. The molecule has 1 aliphatic heterocycles. The maximum absolute atomic E-state index is 12.5. The molecule has 1 aromatic heterocycles. The molecule has 186 valence electrons. The largest absolute Gasteiger partial charge is 0.431 e. The van der Waals surface area contributed by atoms with E-state index in [1.165, 1.54) is 55.9 Å². The number of aromatic nitrogens is 1. The summed E-state index contributed by atoms with van der Waals surface area (Å²) in [5.74, 6) is 3.00. The molecule has 7 heteroatoms. The van der Waals surface area contributed by atoms with Gasteiger partial charge < -0.3 is 15.1 Å². The summed E-state index contributed by atoms with van der Waals surface area (Å²) in [5, 5.41) is 6.42. The fraction of sp³-hybridized carbons (Fsp3) is 0.483. The predicted octanol–water partition coefficient (Wildman–Crippen LogP) is 5.59. The first kappa shape index (κ1) is 22.4. The first-order chi connectivity index (χ1) is 17.5. The number of hydrogen-bond donors (Lipinski definition) is 2. The van der Waals surface area contributed by atoms with Crippen molar-refractivity contribution < 1.29 is 14.0 Å². The average molecular weight is 502 g/mol. The molecule has 0 unspecified atom stereocenters. The van der Waals surface area contributed by atoms with Gasteiger partial charge in [0, 0.05) is 18.7 Å². The van der Waals surface area contributed by atoms with Crippen LogP contribution in [0.2, 0.25) is 0 Å². The van der Waals surface area contributed by atoms with Crippen molar-refractivity contribution in [1.82, 2.24) is 10.3 Å². The maximum Gasteiger partial charge on any atom is 0.257 e. The Bertz CT molecular complexity index is 1330. The van der Waals surface area contributed by atoms with Crippen LogP contribution in [-0.2, 0) is 28.0 Å². The summed E-state index contributed by atoms with van der Waals surface area (Å²) >= 11 is 1.34. The fourth-order valence-electron chi connectivity index (χ4n) is 7.69. The molecule has 4 aliphatic carbocycles. The number of carbonyl (C=O) groups excluding carboxylic acids is 2. The Hall–Kier alpha value is -2.80. The topological polar surface area (TPSA) is 84.2 Å². The van der Waals surface area contributed by atoms with Crippen molar-refractivity contribution >= 4 is 40.4 Å². The third-order valence-electron chi connectivity index (χ3n) is 8.90. The van der Waals surface area contributed by atoms with Crippen LogP contribution in [0, 0.1) is 17.8 Å². The van der Waals surface area contributed by atoms with E-state index in [9.17, 15) is 9.59 Å². The van der Waals surface area contributed by atoms with Gasteiger partial charge in [-0.1, -0.05) is 30.0 Å². The van der Waals surface area contributed by atoms with E-state index in [0.29, 0.717) is 23.6 Å². The van der Waals surface area contributed by atoms with E-state index in [-0.39, 0.29) is 17.6 Å². The highest BCUT2D eigenvalue weighted by atomic mass is 32.2. The molecule has 0 spiro atoms. The quantitative estimate of drug-likeness (QED) is 0.430. The molecule has 4 fully saturated rings. The van der Waals surface area contributed by atoms with Gasteiger partial charge in [0.1, 0.15) is 5.52 Å². The van der Waals surface area contributed by atoms with Crippen LogP contribution in [-0.4, -0.2) is 22.6 Å². The van der Waals surface area contributed by atoms with Crippen LogP contribution in [0.4, 0.5) is 5.69 Å². The van der Waals surface area contributed by atoms with Crippen LogP contribution in [0.15, 0.2) is 46.0 Å². The monoisotopic (exact) mass is 501 g/mol. The second-order valence-corrected chi connectivity index (χ2v) is 12.4. The van der Waals surface area contributed by atoms with Crippen LogP contribution in [0.1, 0.15) is 61.6 Å². The molecule has 0 radical (unpaired) electrons. The molecule has 3 aromatic rings. The van der Waals surface area contributed by atoms with Gasteiger partial charge in [0.05, 0.1) is 5.75 Å². The van der Waals surface area contributed by atoms with Crippen molar-refractivity contribution in [3.8, 4) is 0 Å². The normalized spacial score (nSPS) is 28.2. The number of thioether (sulfide) groups is 1. The van der Waals surface area contributed by atoms with Gasteiger partial charge in [-0.05, 0) is 103 Å². The Kier molecular flexibility index (Phi) is 5.38. The van der Waals surface area contributed by atoms with Gasteiger partial charge in [0.2, 0.25) is 11.8 Å². The van der Waals surface area contributed by atoms with Gasteiger partial charge in [-0.25, -0.2) is 4.98 Å². The zero-order valence-electron chi connectivity index (χ0n) is 20.3. The minimum Gasteiger partial charge on any atom is -0.431 e. The van der Waals surface area contributed by atoms with Crippen molar-refractivity contribution in [3.05, 3.63) is 53.1 Å². The number of oxazole rings is 1. The average Bonchev–Trinajstić information content (AvgIpc) is 3.28. The zero-order valence-corrected chi connectivity index (χ0v) is 21.2. The third-order valence-corrected chi connectivity index (χ3v) is 9.73. The Morgan fingerprint density at radius 1 is 1.06 bits per heavy atom. The van der Waals surface area contributed by atoms with Crippen molar-refractivity contribution in [2.24, 2.45) is 17.8 Å². The molecule has 0 atom stereocenters. The van der Waals surface area contributed by atoms with Crippen molar-refractivity contribution in [2.45, 2.75) is 68.5 Å². The fourth-order valence-corrected chi connectivity index (χ4v) is 8.36. The molecule has 6 nitrogen and oxygen atoms in total. The minimum atomic E-state index is -0.0532. The first-order valence-electron chi connectivity index (χ1n) is 13.2. The number of aryl methyl sites for hydroxylation is 1. The molecule has 4 bridgehead atoms. The maximum atomic E-state index is 12.5. The molecule has 2 aromatic carbocycles. The molecule has 2 N–H and O–H groups in total. The molecule has 8 rings (SSSR count). The van der Waals surface area contributed by atoms with Crippen molar-refractivity contribution in [1.29, 1.82) is 0 Å². The van der Waals surface area contributed by atoms with E-state index in [0.717, 1.165) is 52.1 Å². The number of nitrogens with zero attached hydrogens (tertiary/aromatic N) is 1. The Labute approximate surface area is 215 Å². The Balaban J connectivity index is 0.981. The second-order valence-electron chi connectivity index (χ2n) is 11.5. The van der Waals surface area contributed by atoms with Gasteiger partial charge in [-0.15, -0.1) is 0 Å². The summed E-state index contributed by atoms with van der Waals surface area (Å²) in [6.07, 6.45) is 9.58. The number of carbonyl (C=O) groups is 2. The lowest BCUT2D eigenvalue weighted by molar-refractivity contribution is -0.118. The number of nitrogens with one attached hydrogen (secondary N) is 2. The predicted molar refractivity (Wildman–Crippen MR) is 140 cm³/mol. The minimum absolute atomic E-state index is 0.0532. The summed E-state index contributed by atoms with van der Waals surface area (Å²) in [6, 6.07) is 12.5. The van der Waals surface area contributed by atoms with Crippen LogP contribution in [0.25, 0.3) is 11.1 Å². The highest BCUT2D eigenvalue weighted by Crippen LogP contribution is 2.60. The van der Waals surface area contributed by atoms with Gasteiger partial charge >= 0.3 is 0 Å². The molecule has 2 amide bonds. The third kappa shape index (κ3) is 4.11. The summed E-state index contributed by atoms with van der Waals surface area (Å²) in [7, 11) is 0. The molecule has 2 heterocycles. The van der Waals surface area contributed by atoms with Gasteiger partial charge in [-0.2, -0.15) is 0 Å². The summed E-state index contributed by atoms with van der Waals surface area (Å²) in [5.41, 5.74) is 6.52. The van der Waals surface area contributed by atoms with Crippen LogP contribution < -0.4 is 10.6 Å².